The summed E-state index contributed by atoms with van der Waals surface area (Å²) >= 11 is 0. The van der Waals surface area contributed by atoms with Crippen LogP contribution in [0.3, 0.4) is 0 Å². The summed E-state index contributed by atoms with van der Waals surface area (Å²) < 4.78 is 2.30. The average Bonchev–Trinajstić information content (AvgIpc) is 3.39. The molecular formula is C40H41N3. The number of nitrogens with zero attached hydrogens (tertiary/aromatic N) is 3. The summed E-state index contributed by atoms with van der Waals surface area (Å²) in [6.45, 7) is 17.4. The molecule has 0 saturated carbocycles. The zero-order valence-electron chi connectivity index (χ0n) is 26.7. The van der Waals surface area contributed by atoms with Gasteiger partial charge in [0.15, 0.2) is 0 Å². The molecule has 0 radical (unpaired) electrons. The number of hydrogen-bond donors (Lipinski definition) is 0. The van der Waals surface area contributed by atoms with Crippen molar-refractivity contribution in [2.24, 2.45) is 0 Å². The molecule has 3 heteroatoms. The SMILES string of the molecule is Cc1ccc(N(c2ccc(C)c(C)c2)c2ccc3ccn(N(c4ccc(C)c(C)c4)c4ccc(C)c(C)c4)c3c2)cc1C. The number of benzene rings is 5. The summed E-state index contributed by atoms with van der Waals surface area (Å²) in [5, 5.41) is 3.53. The van der Waals surface area contributed by atoms with Crippen LogP contribution in [0, 0.1) is 55.4 Å². The Morgan fingerprint density at radius 3 is 1.19 bits per heavy atom. The van der Waals surface area contributed by atoms with Crippen LogP contribution in [0.1, 0.15) is 44.5 Å². The monoisotopic (exact) mass is 563 g/mol. The normalized spacial score (nSPS) is 11.3. The van der Waals surface area contributed by atoms with Gasteiger partial charge in [-0.15, -0.1) is 0 Å². The second-order valence-corrected chi connectivity index (χ2v) is 12.1. The van der Waals surface area contributed by atoms with Gasteiger partial charge in [0.05, 0.1) is 16.9 Å². The van der Waals surface area contributed by atoms with Gasteiger partial charge in [-0.1, -0.05) is 30.3 Å². The second kappa shape index (κ2) is 11.1. The van der Waals surface area contributed by atoms with Crippen LogP contribution in [-0.2, 0) is 0 Å². The highest BCUT2D eigenvalue weighted by atomic mass is 15.5. The van der Waals surface area contributed by atoms with E-state index in [1.54, 1.807) is 0 Å². The van der Waals surface area contributed by atoms with Gasteiger partial charge in [0.25, 0.3) is 0 Å². The van der Waals surface area contributed by atoms with E-state index < -0.39 is 0 Å². The minimum absolute atomic E-state index is 1.12. The van der Waals surface area contributed by atoms with E-state index in [1.807, 2.05) is 0 Å². The fourth-order valence-corrected chi connectivity index (χ4v) is 5.71. The number of aryl methyl sites for hydroxylation is 8. The first-order valence-electron chi connectivity index (χ1n) is 15.1. The summed E-state index contributed by atoms with van der Waals surface area (Å²) in [6.07, 6.45) is 2.19. The lowest BCUT2D eigenvalue weighted by Crippen LogP contribution is -2.23. The molecule has 1 heterocycles. The lowest BCUT2D eigenvalue weighted by atomic mass is 10.1. The van der Waals surface area contributed by atoms with Crippen molar-refractivity contribution in [1.82, 2.24) is 4.68 Å². The highest BCUT2D eigenvalue weighted by Gasteiger charge is 2.19. The van der Waals surface area contributed by atoms with Crippen LogP contribution in [0.2, 0.25) is 0 Å². The Bertz CT molecular complexity index is 1870. The third kappa shape index (κ3) is 5.32. The summed E-state index contributed by atoms with van der Waals surface area (Å²) in [6, 6.07) is 36.0. The lowest BCUT2D eigenvalue weighted by molar-refractivity contribution is 0.852. The number of anilines is 5. The van der Waals surface area contributed by atoms with Crippen LogP contribution in [0.15, 0.2) is 103 Å². The number of fused-ring (bicyclic) bond motifs is 1. The minimum atomic E-state index is 1.12. The zero-order chi connectivity index (χ0) is 30.4. The maximum absolute atomic E-state index is 2.38. The molecule has 0 atom stereocenters. The first-order valence-corrected chi connectivity index (χ1v) is 15.1. The van der Waals surface area contributed by atoms with Gasteiger partial charge in [0.2, 0.25) is 0 Å². The van der Waals surface area contributed by atoms with Crippen molar-refractivity contribution in [3.8, 4) is 0 Å². The topological polar surface area (TPSA) is 11.4 Å². The molecule has 0 amide bonds. The van der Waals surface area contributed by atoms with E-state index in [1.165, 1.54) is 49.9 Å². The average molecular weight is 564 g/mol. The molecule has 0 bridgehead atoms. The Morgan fingerprint density at radius 2 is 0.744 bits per heavy atom. The van der Waals surface area contributed by atoms with E-state index in [9.17, 15) is 0 Å². The van der Waals surface area contributed by atoms with Crippen molar-refractivity contribution < 1.29 is 0 Å². The van der Waals surface area contributed by atoms with Crippen LogP contribution in [0.4, 0.5) is 28.4 Å². The van der Waals surface area contributed by atoms with Crippen LogP contribution in [-0.4, -0.2) is 4.68 Å². The third-order valence-corrected chi connectivity index (χ3v) is 9.10. The van der Waals surface area contributed by atoms with E-state index in [-0.39, 0.29) is 0 Å². The second-order valence-electron chi connectivity index (χ2n) is 12.1. The quantitative estimate of drug-likeness (QED) is 0.200. The Labute approximate surface area is 256 Å². The predicted octanol–water partition coefficient (Wildman–Crippen LogP) is 11.2. The maximum Gasteiger partial charge on any atom is 0.0723 e. The number of rotatable bonds is 6. The van der Waals surface area contributed by atoms with E-state index in [2.05, 4.69) is 173 Å². The molecule has 0 fully saturated rings. The fourth-order valence-electron chi connectivity index (χ4n) is 5.71. The van der Waals surface area contributed by atoms with Gasteiger partial charge >= 0.3 is 0 Å². The fraction of sp³-hybridized carbons (Fsp3) is 0.200. The minimum Gasteiger partial charge on any atom is -0.310 e. The van der Waals surface area contributed by atoms with E-state index in [0.717, 1.165) is 34.0 Å². The van der Waals surface area contributed by atoms with Gasteiger partial charge in [-0.2, -0.15) is 0 Å². The summed E-state index contributed by atoms with van der Waals surface area (Å²) in [5.74, 6) is 0. The Hall–Kier alpha value is -4.76. The van der Waals surface area contributed by atoms with Gasteiger partial charge in [0, 0.05) is 28.6 Å². The molecule has 0 aliphatic heterocycles. The molecule has 0 N–H and O–H groups in total. The summed E-state index contributed by atoms with van der Waals surface area (Å²) in [5.41, 5.74) is 17.1. The highest BCUT2D eigenvalue weighted by molar-refractivity contribution is 5.89. The molecule has 0 saturated heterocycles. The molecule has 6 aromatic rings. The lowest BCUT2D eigenvalue weighted by Gasteiger charge is -2.30. The van der Waals surface area contributed by atoms with Crippen LogP contribution < -0.4 is 9.91 Å². The van der Waals surface area contributed by atoms with Gasteiger partial charge in [-0.05, 0) is 167 Å². The van der Waals surface area contributed by atoms with E-state index in [0.29, 0.717) is 0 Å². The van der Waals surface area contributed by atoms with Crippen LogP contribution in [0.5, 0.6) is 0 Å². The van der Waals surface area contributed by atoms with Crippen molar-refractivity contribution >= 4 is 39.3 Å². The van der Waals surface area contributed by atoms with E-state index in [4.69, 9.17) is 0 Å². The van der Waals surface area contributed by atoms with Crippen molar-refractivity contribution in [2.75, 3.05) is 9.91 Å². The smallest absolute Gasteiger partial charge is 0.0723 e. The molecule has 0 aliphatic rings. The van der Waals surface area contributed by atoms with E-state index >= 15 is 0 Å². The van der Waals surface area contributed by atoms with Crippen molar-refractivity contribution in [1.29, 1.82) is 0 Å². The highest BCUT2D eigenvalue weighted by Crippen LogP contribution is 2.39. The van der Waals surface area contributed by atoms with Crippen molar-refractivity contribution in [2.45, 2.75) is 55.4 Å². The first kappa shape index (κ1) is 28.4. The first-order chi connectivity index (χ1) is 20.6. The molecule has 216 valence electrons. The van der Waals surface area contributed by atoms with Gasteiger partial charge in [0.1, 0.15) is 0 Å². The molecule has 0 spiro atoms. The predicted molar refractivity (Wildman–Crippen MR) is 185 cm³/mol. The van der Waals surface area contributed by atoms with Crippen LogP contribution >= 0.6 is 0 Å². The van der Waals surface area contributed by atoms with Crippen LogP contribution in [0.25, 0.3) is 10.9 Å². The number of aromatic nitrogens is 1. The molecule has 0 aliphatic carbocycles. The molecule has 5 aromatic carbocycles. The summed E-state index contributed by atoms with van der Waals surface area (Å²) in [7, 11) is 0. The van der Waals surface area contributed by atoms with Crippen molar-refractivity contribution in [3.05, 3.63) is 148 Å². The van der Waals surface area contributed by atoms with Crippen molar-refractivity contribution in [3.63, 3.8) is 0 Å². The van der Waals surface area contributed by atoms with Gasteiger partial charge in [-0.25, -0.2) is 5.01 Å². The largest absolute Gasteiger partial charge is 0.310 e. The number of hydrogen-bond acceptors (Lipinski definition) is 2. The molecule has 0 unspecified atom stereocenters. The standard InChI is InChI=1S/C40H41N3/c1-26-9-14-35(21-30(26)5)42(36-15-10-27(2)31(6)22-36)37-18-13-34-19-20-41(40(34)25-37)43(38-16-11-28(3)32(7)23-38)39-17-12-29(4)33(8)24-39/h9-25H,1-8H3. The molecule has 1 aromatic heterocycles. The maximum atomic E-state index is 2.38. The molecular weight excluding hydrogens is 522 g/mol. The zero-order valence-corrected chi connectivity index (χ0v) is 26.7. The van der Waals surface area contributed by atoms with Gasteiger partial charge < -0.3 is 4.90 Å². The van der Waals surface area contributed by atoms with Gasteiger partial charge in [-0.3, -0.25) is 4.68 Å². The Balaban J connectivity index is 1.57. The molecule has 3 nitrogen and oxygen atoms in total. The Morgan fingerprint density at radius 1 is 0.372 bits per heavy atom. The molecule has 6 rings (SSSR count). The Kier molecular flexibility index (Phi) is 7.35. The summed E-state index contributed by atoms with van der Waals surface area (Å²) in [4.78, 5) is 2.38. The third-order valence-electron chi connectivity index (χ3n) is 9.10. The molecule has 43 heavy (non-hydrogen) atoms.